The molecule has 34 heavy (non-hydrogen) atoms. The number of fused-ring (bicyclic) bond motifs is 1. The zero-order valence-electron chi connectivity index (χ0n) is 19.0. The predicted octanol–water partition coefficient (Wildman–Crippen LogP) is 3.06. The van der Waals surface area contributed by atoms with Crippen LogP contribution in [0.25, 0.3) is 6.08 Å². The third kappa shape index (κ3) is 4.62. The Morgan fingerprint density at radius 3 is 2.38 bits per heavy atom. The van der Waals surface area contributed by atoms with Gasteiger partial charge in [-0.2, -0.15) is 0 Å². The first-order valence-corrected chi connectivity index (χ1v) is 12.4. The molecule has 0 aliphatic carbocycles. The minimum Gasteiger partial charge on any atom is -0.466 e. The molecule has 0 fully saturated rings. The summed E-state index contributed by atoms with van der Waals surface area (Å²) in [5.41, 5.74) is 2.17. The van der Waals surface area contributed by atoms with E-state index < -0.39 is 18.0 Å². The van der Waals surface area contributed by atoms with E-state index in [1.54, 1.807) is 53.6 Å². The van der Waals surface area contributed by atoms with Crippen molar-refractivity contribution in [3.05, 3.63) is 90.6 Å². The molecular formula is C25H22N2O5S2. The first-order valence-electron chi connectivity index (χ1n) is 10.4. The number of nitrogens with zero attached hydrogens (tertiary/aromatic N) is 2. The molecule has 1 unspecified atom stereocenters. The number of esters is 2. The number of hydrogen-bond acceptors (Lipinski definition) is 8. The maximum absolute atomic E-state index is 13.5. The van der Waals surface area contributed by atoms with Gasteiger partial charge in [-0.3, -0.25) is 14.2 Å². The minimum atomic E-state index is -0.645. The molecule has 0 spiro atoms. The highest BCUT2D eigenvalue weighted by molar-refractivity contribution is 7.98. The third-order valence-corrected chi connectivity index (χ3v) is 7.02. The summed E-state index contributed by atoms with van der Waals surface area (Å²) in [4.78, 5) is 43.5. The van der Waals surface area contributed by atoms with Crippen LogP contribution in [0.2, 0.25) is 0 Å². The molecule has 1 aromatic heterocycles. The molecule has 0 N–H and O–H groups in total. The molecule has 0 saturated carbocycles. The van der Waals surface area contributed by atoms with Gasteiger partial charge in [0.25, 0.3) is 5.56 Å². The van der Waals surface area contributed by atoms with Crippen molar-refractivity contribution in [2.75, 3.05) is 13.4 Å². The maximum Gasteiger partial charge on any atom is 0.338 e. The van der Waals surface area contributed by atoms with Gasteiger partial charge in [0.05, 0.1) is 29.0 Å². The molecule has 2 heterocycles. The molecule has 0 bridgehead atoms. The van der Waals surface area contributed by atoms with Gasteiger partial charge in [-0.25, -0.2) is 9.79 Å². The normalized spacial score (nSPS) is 15.5. The van der Waals surface area contributed by atoms with E-state index in [1.807, 2.05) is 30.5 Å². The zero-order chi connectivity index (χ0) is 24.4. The van der Waals surface area contributed by atoms with Crippen LogP contribution in [-0.2, 0) is 14.3 Å². The molecule has 4 rings (SSSR count). The molecule has 1 aliphatic rings. The molecule has 0 saturated heterocycles. The quantitative estimate of drug-likeness (QED) is 0.308. The van der Waals surface area contributed by atoms with Gasteiger partial charge in [0.1, 0.15) is 5.75 Å². The van der Waals surface area contributed by atoms with E-state index in [1.165, 1.54) is 25.4 Å². The van der Waals surface area contributed by atoms with Gasteiger partial charge in [-0.1, -0.05) is 35.6 Å². The second-order valence-electron chi connectivity index (χ2n) is 7.51. The van der Waals surface area contributed by atoms with Crippen molar-refractivity contribution in [3.63, 3.8) is 0 Å². The highest BCUT2D eigenvalue weighted by Crippen LogP contribution is 2.31. The molecule has 2 aromatic carbocycles. The first kappa shape index (κ1) is 23.7. The van der Waals surface area contributed by atoms with Crippen molar-refractivity contribution in [3.8, 4) is 5.75 Å². The molecule has 0 amide bonds. The number of aromatic nitrogens is 1. The van der Waals surface area contributed by atoms with Gasteiger partial charge in [-0.05, 0) is 54.6 Å². The average molecular weight is 495 g/mol. The number of methoxy groups -OCH3 is 1. The maximum atomic E-state index is 13.5. The SMILES string of the molecule is COC(=O)C1=C(C)N=c2s/c(=C\c3ccc(OC(C)=O)cc3)c(=O)n2C1c1ccc(SC)cc1. The summed E-state index contributed by atoms with van der Waals surface area (Å²) in [7, 11) is 1.32. The third-order valence-electron chi connectivity index (χ3n) is 5.30. The lowest BCUT2D eigenvalue weighted by Crippen LogP contribution is -2.39. The van der Waals surface area contributed by atoms with Crippen molar-refractivity contribution in [2.45, 2.75) is 24.8 Å². The topological polar surface area (TPSA) is 87.0 Å². The lowest BCUT2D eigenvalue weighted by molar-refractivity contribution is -0.136. The van der Waals surface area contributed by atoms with Crippen molar-refractivity contribution >= 4 is 41.1 Å². The lowest BCUT2D eigenvalue weighted by atomic mass is 9.96. The predicted molar refractivity (Wildman–Crippen MR) is 132 cm³/mol. The number of ether oxygens (including phenoxy) is 2. The largest absolute Gasteiger partial charge is 0.466 e. The number of carbonyl (C=O) groups is 2. The summed E-state index contributed by atoms with van der Waals surface area (Å²) in [6, 6.07) is 14.0. The number of rotatable bonds is 5. The molecule has 9 heteroatoms. The number of thiazole rings is 1. The molecule has 1 aliphatic heterocycles. The Kier molecular flexibility index (Phi) is 6.85. The standard InChI is InChI=1S/C25H22N2O5S2/c1-14-21(24(30)31-3)22(17-7-11-19(33-4)12-8-17)27-23(29)20(34-25(27)26-14)13-16-5-9-18(10-6-16)32-15(2)28/h5-13,22H,1-4H3/b20-13-. The molecule has 174 valence electrons. The summed E-state index contributed by atoms with van der Waals surface area (Å²) >= 11 is 2.87. The Balaban J connectivity index is 1.86. The van der Waals surface area contributed by atoms with Gasteiger partial charge >= 0.3 is 11.9 Å². The van der Waals surface area contributed by atoms with Crippen LogP contribution in [0.5, 0.6) is 5.75 Å². The van der Waals surface area contributed by atoms with E-state index in [4.69, 9.17) is 9.47 Å². The van der Waals surface area contributed by atoms with Crippen LogP contribution in [0.15, 0.2) is 74.5 Å². The van der Waals surface area contributed by atoms with Gasteiger partial charge in [0, 0.05) is 11.8 Å². The van der Waals surface area contributed by atoms with Gasteiger partial charge in [-0.15, -0.1) is 11.8 Å². The van der Waals surface area contributed by atoms with Crippen LogP contribution in [0, 0.1) is 0 Å². The number of hydrogen-bond donors (Lipinski definition) is 0. The fraction of sp³-hybridized carbons (Fsp3) is 0.200. The summed E-state index contributed by atoms with van der Waals surface area (Å²) < 4.78 is 12.1. The first-order chi connectivity index (χ1) is 16.3. The number of carbonyl (C=O) groups excluding carboxylic acids is 2. The molecule has 1 atom stereocenters. The molecule has 0 radical (unpaired) electrons. The Morgan fingerprint density at radius 1 is 1.12 bits per heavy atom. The fourth-order valence-corrected chi connectivity index (χ4v) is 5.20. The molecular weight excluding hydrogens is 472 g/mol. The molecule has 7 nitrogen and oxygen atoms in total. The second-order valence-corrected chi connectivity index (χ2v) is 9.40. The highest BCUT2D eigenvalue weighted by Gasteiger charge is 2.33. The smallest absolute Gasteiger partial charge is 0.338 e. The Bertz CT molecular complexity index is 1470. The Morgan fingerprint density at radius 2 is 1.79 bits per heavy atom. The minimum absolute atomic E-state index is 0.249. The fourth-order valence-electron chi connectivity index (χ4n) is 3.74. The zero-order valence-corrected chi connectivity index (χ0v) is 20.7. The van der Waals surface area contributed by atoms with Crippen LogP contribution >= 0.6 is 23.1 Å². The van der Waals surface area contributed by atoms with Crippen LogP contribution < -0.4 is 19.6 Å². The van der Waals surface area contributed by atoms with E-state index >= 15 is 0 Å². The van der Waals surface area contributed by atoms with Crippen LogP contribution in [0.3, 0.4) is 0 Å². The van der Waals surface area contributed by atoms with Gasteiger partial charge < -0.3 is 9.47 Å². The van der Waals surface area contributed by atoms with E-state index in [0.29, 0.717) is 26.4 Å². The van der Waals surface area contributed by atoms with Crippen molar-refractivity contribution in [1.82, 2.24) is 4.57 Å². The number of benzene rings is 2. The number of allylic oxidation sites excluding steroid dienone is 1. The molecule has 3 aromatic rings. The van der Waals surface area contributed by atoms with Crippen molar-refractivity contribution in [2.24, 2.45) is 4.99 Å². The Labute approximate surface area is 204 Å². The average Bonchev–Trinajstić information content (AvgIpc) is 3.13. The van der Waals surface area contributed by atoms with E-state index in [9.17, 15) is 14.4 Å². The lowest BCUT2D eigenvalue weighted by Gasteiger charge is -2.24. The van der Waals surface area contributed by atoms with Crippen LogP contribution in [0.4, 0.5) is 0 Å². The number of thioether (sulfide) groups is 1. The van der Waals surface area contributed by atoms with Crippen LogP contribution in [0.1, 0.15) is 31.0 Å². The summed E-state index contributed by atoms with van der Waals surface area (Å²) in [5, 5.41) is 0. The van der Waals surface area contributed by atoms with Crippen molar-refractivity contribution in [1.29, 1.82) is 0 Å². The van der Waals surface area contributed by atoms with E-state index in [0.717, 1.165) is 16.0 Å². The van der Waals surface area contributed by atoms with Gasteiger partial charge in [0.2, 0.25) is 0 Å². The highest BCUT2D eigenvalue weighted by atomic mass is 32.2. The summed E-state index contributed by atoms with van der Waals surface area (Å²) in [6.07, 6.45) is 3.74. The van der Waals surface area contributed by atoms with Crippen molar-refractivity contribution < 1.29 is 19.1 Å². The van der Waals surface area contributed by atoms with Crippen LogP contribution in [-0.4, -0.2) is 29.9 Å². The monoisotopic (exact) mass is 494 g/mol. The van der Waals surface area contributed by atoms with Gasteiger partial charge in [0.15, 0.2) is 4.80 Å². The van der Waals surface area contributed by atoms with E-state index in [-0.39, 0.29) is 5.56 Å². The van der Waals surface area contributed by atoms with E-state index in [2.05, 4.69) is 4.99 Å². The summed E-state index contributed by atoms with van der Waals surface area (Å²) in [5.74, 6) is -0.489. The Hall–Kier alpha value is -3.43. The summed E-state index contributed by atoms with van der Waals surface area (Å²) in [6.45, 7) is 3.09. The second kappa shape index (κ2) is 9.82.